The van der Waals surface area contributed by atoms with Crippen molar-refractivity contribution in [1.82, 2.24) is 4.90 Å². The highest BCUT2D eigenvalue weighted by atomic mass is 16.2. The average molecular weight is 273 g/mol. The fourth-order valence-electron chi connectivity index (χ4n) is 3.93. The molecule has 3 aliphatic rings. The molecule has 3 atom stereocenters. The predicted molar refractivity (Wildman–Crippen MR) is 77.8 cm³/mol. The van der Waals surface area contributed by atoms with E-state index in [9.17, 15) is 9.59 Å². The van der Waals surface area contributed by atoms with Crippen LogP contribution in [0.25, 0.3) is 0 Å². The molecule has 0 saturated heterocycles. The van der Waals surface area contributed by atoms with Gasteiger partial charge in [0, 0.05) is 18.2 Å². The van der Waals surface area contributed by atoms with E-state index < -0.39 is 0 Å². The Labute approximate surface area is 120 Å². The van der Waals surface area contributed by atoms with Crippen LogP contribution in [0, 0.1) is 17.8 Å². The molecule has 0 spiro atoms. The van der Waals surface area contributed by atoms with E-state index in [4.69, 9.17) is 0 Å². The Bertz CT molecular complexity index is 477. The molecule has 0 radical (unpaired) electrons. The van der Waals surface area contributed by atoms with Gasteiger partial charge in [-0.15, -0.1) is 0 Å². The molecule has 2 aliphatic carbocycles. The van der Waals surface area contributed by atoms with Gasteiger partial charge in [0.1, 0.15) is 0 Å². The first-order chi connectivity index (χ1) is 9.69. The lowest BCUT2D eigenvalue weighted by atomic mass is 9.89. The lowest BCUT2D eigenvalue weighted by Crippen LogP contribution is -2.32. The van der Waals surface area contributed by atoms with Gasteiger partial charge in [-0.05, 0) is 49.9 Å². The molecule has 3 nitrogen and oxygen atoms in total. The number of hydrogen-bond acceptors (Lipinski definition) is 2. The standard InChI is InChI=1S/C17H23NO2/c1-2-13-11-16(19)18(17(13)20)8-4-3-5-14-9-12-6-7-15(14)10-12/h6-7,11-12,14-15H,2-5,8-10H2,1H3. The van der Waals surface area contributed by atoms with Crippen molar-refractivity contribution in [2.75, 3.05) is 6.54 Å². The summed E-state index contributed by atoms with van der Waals surface area (Å²) in [5.74, 6) is 2.31. The monoisotopic (exact) mass is 273 g/mol. The SMILES string of the molecule is CCC1=CC(=O)N(CCCCC2CC3C=CC2C3)C1=O. The quantitative estimate of drug-likeness (QED) is 0.424. The lowest BCUT2D eigenvalue weighted by molar-refractivity contribution is -0.137. The van der Waals surface area contributed by atoms with Crippen LogP contribution in [-0.2, 0) is 9.59 Å². The van der Waals surface area contributed by atoms with E-state index in [1.54, 1.807) is 0 Å². The summed E-state index contributed by atoms with van der Waals surface area (Å²) in [6, 6.07) is 0. The van der Waals surface area contributed by atoms with Crippen LogP contribution in [0.1, 0.15) is 45.4 Å². The number of fused-ring (bicyclic) bond motifs is 2. The van der Waals surface area contributed by atoms with Gasteiger partial charge >= 0.3 is 0 Å². The third-order valence-corrected chi connectivity index (χ3v) is 5.09. The summed E-state index contributed by atoms with van der Waals surface area (Å²) in [4.78, 5) is 25.1. The van der Waals surface area contributed by atoms with Gasteiger partial charge in [0.05, 0.1) is 0 Å². The van der Waals surface area contributed by atoms with E-state index in [0.29, 0.717) is 18.5 Å². The molecule has 1 aliphatic heterocycles. The molecule has 1 saturated carbocycles. The van der Waals surface area contributed by atoms with E-state index in [1.807, 2.05) is 6.92 Å². The third-order valence-electron chi connectivity index (χ3n) is 5.09. The highest BCUT2D eigenvalue weighted by Gasteiger charge is 2.35. The number of carbonyl (C=O) groups is 2. The van der Waals surface area contributed by atoms with Crippen LogP contribution < -0.4 is 0 Å². The Hall–Kier alpha value is -1.38. The average Bonchev–Trinajstić information content (AvgIpc) is 3.12. The Morgan fingerprint density at radius 2 is 2.05 bits per heavy atom. The lowest BCUT2D eigenvalue weighted by Gasteiger charge is -2.19. The predicted octanol–water partition coefficient (Wildman–Crippen LogP) is 3.07. The number of unbranched alkanes of at least 4 members (excludes halogenated alkanes) is 1. The fourth-order valence-corrected chi connectivity index (χ4v) is 3.93. The minimum atomic E-state index is -0.116. The zero-order chi connectivity index (χ0) is 14.1. The van der Waals surface area contributed by atoms with Gasteiger partial charge in [-0.2, -0.15) is 0 Å². The van der Waals surface area contributed by atoms with Crippen molar-refractivity contribution in [3.63, 3.8) is 0 Å². The maximum Gasteiger partial charge on any atom is 0.256 e. The van der Waals surface area contributed by atoms with E-state index >= 15 is 0 Å². The molecular weight excluding hydrogens is 250 g/mol. The molecule has 3 unspecified atom stereocenters. The molecule has 1 heterocycles. The van der Waals surface area contributed by atoms with E-state index in [0.717, 1.165) is 30.6 Å². The second kappa shape index (κ2) is 5.55. The van der Waals surface area contributed by atoms with Gasteiger partial charge in [-0.1, -0.05) is 25.5 Å². The maximum absolute atomic E-state index is 11.9. The van der Waals surface area contributed by atoms with Crippen molar-refractivity contribution in [2.45, 2.75) is 45.4 Å². The van der Waals surface area contributed by atoms with Gasteiger partial charge in [-0.25, -0.2) is 0 Å². The topological polar surface area (TPSA) is 37.4 Å². The molecular formula is C17H23NO2. The first-order valence-corrected chi connectivity index (χ1v) is 7.93. The smallest absolute Gasteiger partial charge is 0.256 e. The van der Waals surface area contributed by atoms with Crippen LogP contribution in [0.2, 0.25) is 0 Å². The summed E-state index contributed by atoms with van der Waals surface area (Å²) >= 11 is 0. The fraction of sp³-hybridized carbons (Fsp3) is 0.647. The summed E-state index contributed by atoms with van der Waals surface area (Å²) in [7, 11) is 0. The van der Waals surface area contributed by atoms with Gasteiger partial charge in [0.2, 0.25) is 0 Å². The summed E-state index contributed by atoms with van der Waals surface area (Å²) in [6.45, 7) is 2.51. The number of carbonyl (C=O) groups excluding carboxylic acids is 2. The largest absolute Gasteiger partial charge is 0.275 e. The molecule has 2 amide bonds. The summed E-state index contributed by atoms with van der Waals surface area (Å²) in [5.41, 5.74) is 0.660. The highest BCUT2D eigenvalue weighted by Crippen LogP contribution is 2.45. The first-order valence-electron chi connectivity index (χ1n) is 7.93. The van der Waals surface area contributed by atoms with Gasteiger partial charge < -0.3 is 0 Å². The Kier molecular flexibility index (Phi) is 3.77. The van der Waals surface area contributed by atoms with Crippen LogP contribution >= 0.6 is 0 Å². The second-order valence-electron chi connectivity index (χ2n) is 6.35. The summed E-state index contributed by atoms with van der Waals surface area (Å²) < 4.78 is 0. The minimum Gasteiger partial charge on any atom is -0.275 e. The van der Waals surface area contributed by atoms with E-state index in [2.05, 4.69) is 12.2 Å². The molecule has 108 valence electrons. The van der Waals surface area contributed by atoms with E-state index in [1.165, 1.54) is 30.2 Å². The van der Waals surface area contributed by atoms with Crippen LogP contribution in [0.4, 0.5) is 0 Å². The Morgan fingerprint density at radius 3 is 2.65 bits per heavy atom. The number of imide groups is 1. The molecule has 20 heavy (non-hydrogen) atoms. The van der Waals surface area contributed by atoms with Gasteiger partial charge in [-0.3, -0.25) is 14.5 Å². The molecule has 3 rings (SSSR count). The number of amides is 2. The normalized spacial score (nSPS) is 31.6. The number of rotatable bonds is 6. The molecule has 0 aromatic heterocycles. The van der Waals surface area contributed by atoms with Gasteiger partial charge in [0.25, 0.3) is 11.8 Å². The molecule has 0 aromatic rings. The zero-order valence-corrected chi connectivity index (χ0v) is 12.2. The molecule has 2 bridgehead atoms. The number of hydrogen-bond donors (Lipinski definition) is 0. The van der Waals surface area contributed by atoms with Gasteiger partial charge in [0.15, 0.2) is 0 Å². The van der Waals surface area contributed by atoms with Crippen molar-refractivity contribution >= 4 is 11.8 Å². The van der Waals surface area contributed by atoms with Crippen molar-refractivity contribution < 1.29 is 9.59 Å². The summed E-state index contributed by atoms with van der Waals surface area (Å²) in [5, 5.41) is 0. The van der Waals surface area contributed by atoms with Crippen LogP contribution in [-0.4, -0.2) is 23.3 Å². The van der Waals surface area contributed by atoms with Crippen LogP contribution in [0.5, 0.6) is 0 Å². The van der Waals surface area contributed by atoms with Crippen molar-refractivity contribution in [2.24, 2.45) is 17.8 Å². The molecule has 0 N–H and O–H groups in total. The number of nitrogens with zero attached hydrogens (tertiary/aromatic N) is 1. The second-order valence-corrected chi connectivity index (χ2v) is 6.35. The molecule has 3 heteroatoms. The maximum atomic E-state index is 11.9. The van der Waals surface area contributed by atoms with Crippen molar-refractivity contribution in [3.05, 3.63) is 23.8 Å². The third kappa shape index (κ3) is 2.46. The van der Waals surface area contributed by atoms with Crippen LogP contribution in [0.15, 0.2) is 23.8 Å². The zero-order valence-electron chi connectivity index (χ0n) is 12.2. The van der Waals surface area contributed by atoms with Crippen molar-refractivity contribution in [3.8, 4) is 0 Å². The molecule has 0 aromatic carbocycles. The van der Waals surface area contributed by atoms with E-state index in [-0.39, 0.29) is 11.8 Å². The van der Waals surface area contributed by atoms with Crippen LogP contribution in [0.3, 0.4) is 0 Å². The van der Waals surface area contributed by atoms with Crippen molar-refractivity contribution in [1.29, 1.82) is 0 Å². The Balaban J connectivity index is 1.40. The molecule has 1 fully saturated rings. The summed E-state index contributed by atoms with van der Waals surface area (Å²) in [6.07, 6.45) is 12.9. The Morgan fingerprint density at radius 1 is 1.20 bits per heavy atom. The minimum absolute atomic E-state index is 0.0691. The number of allylic oxidation sites excluding steroid dienone is 2. The highest BCUT2D eigenvalue weighted by molar-refractivity contribution is 6.16. The first kappa shape index (κ1) is 13.6.